The van der Waals surface area contributed by atoms with E-state index in [1.165, 1.54) is 6.26 Å². The molecule has 0 aliphatic heterocycles. The van der Waals surface area contributed by atoms with Gasteiger partial charge in [0, 0.05) is 5.54 Å². The number of aryl methyl sites for hydroxylation is 2. The summed E-state index contributed by atoms with van der Waals surface area (Å²) < 4.78 is 5.50. The van der Waals surface area contributed by atoms with Gasteiger partial charge < -0.3 is 15.1 Å². The number of rotatable bonds is 4. The van der Waals surface area contributed by atoms with Gasteiger partial charge in [-0.05, 0) is 45.7 Å². The fourth-order valence-electron chi connectivity index (χ4n) is 2.55. The molecule has 1 amide bonds. The van der Waals surface area contributed by atoms with Crippen LogP contribution in [0.3, 0.4) is 0 Å². The smallest absolute Gasteiger partial charge is 0.260 e. The molecule has 0 spiro atoms. The Labute approximate surface area is 144 Å². The zero-order valence-electron chi connectivity index (χ0n) is 14.3. The number of fused-ring (bicyclic) bond motifs is 1. The number of carbonyl (C=O) groups excluding carboxylic acids is 1. The molecule has 2 N–H and O–H groups in total. The third-order valence-corrected chi connectivity index (χ3v) is 4.25. The summed E-state index contributed by atoms with van der Waals surface area (Å²) in [5, 5.41) is 14.6. The van der Waals surface area contributed by atoms with Crippen molar-refractivity contribution in [2.45, 2.75) is 39.2 Å². The maximum atomic E-state index is 12.7. The van der Waals surface area contributed by atoms with E-state index in [0.29, 0.717) is 34.1 Å². The lowest BCUT2D eigenvalue weighted by atomic mass is 10.2. The van der Waals surface area contributed by atoms with Crippen LogP contribution < -0.4 is 10.6 Å². The highest BCUT2D eigenvalue weighted by atomic mass is 16.3. The van der Waals surface area contributed by atoms with E-state index in [1.807, 2.05) is 6.92 Å². The van der Waals surface area contributed by atoms with Gasteiger partial charge in [-0.25, -0.2) is 4.98 Å². The molecule has 0 atom stereocenters. The Morgan fingerprint density at radius 2 is 2.00 bits per heavy atom. The molecule has 1 saturated carbocycles. The third-order valence-electron chi connectivity index (χ3n) is 4.25. The van der Waals surface area contributed by atoms with E-state index in [0.717, 1.165) is 18.5 Å². The average molecular weight is 338 g/mol. The first-order valence-corrected chi connectivity index (χ1v) is 8.09. The van der Waals surface area contributed by atoms with Crippen molar-refractivity contribution in [2.24, 2.45) is 0 Å². The predicted octanol–water partition coefficient (Wildman–Crippen LogP) is 2.85. The minimum atomic E-state index is -0.339. The molecule has 1 aliphatic carbocycles. The van der Waals surface area contributed by atoms with Gasteiger partial charge in [-0.1, -0.05) is 0 Å². The van der Waals surface area contributed by atoms with Crippen LogP contribution in [0.5, 0.6) is 0 Å². The normalized spacial score (nSPS) is 15.2. The summed E-state index contributed by atoms with van der Waals surface area (Å²) in [5.74, 6) is 1.25. The van der Waals surface area contributed by atoms with Crippen LogP contribution >= 0.6 is 0 Å². The number of nitrogens with one attached hydrogen (secondary N) is 2. The molecular weight excluding hydrogens is 320 g/mol. The van der Waals surface area contributed by atoms with Crippen molar-refractivity contribution >= 4 is 28.6 Å². The van der Waals surface area contributed by atoms with Gasteiger partial charge in [0.15, 0.2) is 5.82 Å². The fraction of sp³-hybridized carbons (Fsp3) is 0.353. The second-order valence-electron chi connectivity index (χ2n) is 6.65. The summed E-state index contributed by atoms with van der Waals surface area (Å²) in [6.07, 6.45) is 3.53. The summed E-state index contributed by atoms with van der Waals surface area (Å²) in [7, 11) is 0. The zero-order valence-corrected chi connectivity index (χ0v) is 14.3. The highest BCUT2D eigenvalue weighted by molar-refractivity contribution is 6.14. The molecule has 25 heavy (non-hydrogen) atoms. The van der Waals surface area contributed by atoms with Crippen molar-refractivity contribution in [1.82, 2.24) is 20.2 Å². The van der Waals surface area contributed by atoms with Gasteiger partial charge in [-0.3, -0.25) is 4.79 Å². The number of nitrogens with zero attached hydrogens (tertiary/aromatic N) is 4. The largest absolute Gasteiger partial charge is 0.445 e. The standard InChI is InChI=1S/C17H18N6O2/c1-9-4-5-12(23-22-9)20-15(24)11-8-25-16-13(11)14(18-10(2)19-16)21-17(3)6-7-17/h4-5,8H,6-7H2,1-3H3,(H,18,19,21)(H,20,23,24). The molecule has 128 valence electrons. The number of furan rings is 1. The Hall–Kier alpha value is -3.03. The van der Waals surface area contributed by atoms with Crippen LogP contribution in [0.25, 0.3) is 11.1 Å². The fourth-order valence-corrected chi connectivity index (χ4v) is 2.55. The van der Waals surface area contributed by atoms with E-state index in [-0.39, 0.29) is 11.4 Å². The Kier molecular flexibility index (Phi) is 3.41. The molecule has 3 aromatic heterocycles. The first kappa shape index (κ1) is 15.5. The van der Waals surface area contributed by atoms with Gasteiger partial charge in [0.2, 0.25) is 5.71 Å². The first-order valence-electron chi connectivity index (χ1n) is 8.09. The molecule has 0 saturated heterocycles. The number of anilines is 2. The van der Waals surface area contributed by atoms with Crippen molar-refractivity contribution in [2.75, 3.05) is 10.6 Å². The second kappa shape index (κ2) is 5.51. The van der Waals surface area contributed by atoms with Crippen LogP contribution in [-0.2, 0) is 0 Å². The van der Waals surface area contributed by atoms with Crippen molar-refractivity contribution in [1.29, 1.82) is 0 Å². The second-order valence-corrected chi connectivity index (χ2v) is 6.65. The molecule has 3 heterocycles. The van der Waals surface area contributed by atoms with Gasteiger partial charge in [-0.15, -0.1) is 5.10 Å². The average Bonchev–Trinajstić information content (AvgIpc) is 3.12. The van der Waals surface area contributed by atoms with E-state index in [2.05, 4.69) is 37.7 Å². The van der Waals surface area contributed by atoms with Crippen LogP contribution in [0.15, 0.2) is 22.8 Å². The van der Waals surface area contributed by atoms with Crippen LogP contribution in [0.2, 0.25) is 0 Å². The Morgan fingerprint density at radius 1 is 1.20 bits per heavy atom. The lowest BCUT2D eigenvalue weighted by Gasteiger charge is -2.13. The summed E-state index contributed by atoms with van der Waals surface area (Å²) in [5.41, 5.74) is 1.55. The van der Waals surface area contributed by atoms with Crippen molar-refractivity contribution in [3.8, 4) is 0 Å². The first-order chi connectivity index (χ1) is 11.9. The minimum absolute atomic E-state index is 0.0151. The highest BCUT2D eigenvalue weighted by Gasteiger charge is 2.38. The molecule has 4 rings (SSSR count). The van der Waals surface area contributed by atoms with E-state index in [9.17, 15) is 4.79 Å². The monoisotopic (exact) mass is 338 g/mol. The molecule has 0 unspecified atom stereocenters. The van der Waals surface area contributed by atoms with Gasteiger partial charge >= 0.3 is 0 Å². The number of aromatic nitrogens is 4. The topological polar surface area (TPSA) is 106 Å². The molecule has 1 fully saturated rings. The van der Waals surface area contributed by atoms with Crippen LogP contribution in [0.1, 0.15) is 41.6 Å². The highest BCUT2D eigenvalue weighted by Crippen LogP contribution is 2.40. The van der Waals surface area contributed by atoms with E-state index < -0.39 is 0 Å². The molecule has 0 bridgehead atoms. The van der Waals surface area contributed by atoms with Crippen LogP contribution in [0, 0.1) is 13.8 Å². The van der Waals surface area contributed by atoms with Crippen molar-refractivity contribution < 1.29 is 9.21 Å². The minimum Gasteiger partial charge on any atom is -0.445 e. The van der Waals surface area contributed by atoms with Gasteiger partial charge in [0.05, 0.1) is 16.6 Å². The number of hydrogen-bond acceptors (Lipinski definition) is 7. The maximum absolute atomic E-state index is 12.7. The molecule has 0 radical (unpaired) electrons. The summed E-state index contributed by atoms with van der Waals surface area (Å²) in [6.45, 7) is 5.75. The van der Waals surface area contributed by atoms with Crippen molar-refractivity contribution in [3.63, 3.8) is 0 Å². The molecule has 1 aliphatic rings. The van der Waals surface area contributed by atoms with E-state index >= 15 is 0 Å². The van der Waals surface area contributed by atoms with Gasteiger partial charge in [0.25, 0.3) is 5.91 Å². The maximum Gasteiger partial charge on any atom is 0.260 e. The Morgan fingerprint density at radius 3 is 2.68 bits per heavy atom. The molecule has 8 nitrogen and oxygen atoms in total. The number of hydrogen-bond donors (Lipinski definition) is 2. The van der Waals surface area contributed by atoms with Gasteiger partial charge in [0.1, 0.15) is 17.9 Å². The molecular formula is C17H18N6O2. The van der Waals surface area contributed by atoms with E-state index in [1.54, 1.807) is 19.1 Å². The number of amides is 1. The molecule has 3 aromatic rings. The quantitative estimate of drug-likeness (QED) is 0.753. The third kappa shape index (κ3) is 3.02. The summed E-state index contributed by atoms with van der Waals surface area (Å²) in [6, 6.07) is 3.48. The van der Waals surface area contributed by atoms with Crippen LogP contribution in [-0.4, -0.2) is 31.6 Å². The van der Waals surface area contributed by atoms with Gasteiger partial charge in [-0.2, -0.15) is 10.1 Å². The Balaban J connectivity index is 1.71. The number of carbonyl (C=O) groups is 1. The SMILES string of the molecule is Cc1ccc(NC(=O)c2coc3nc(C)nc(NC4(C)CC4)c23)nn1. The Bertz CT molecular complexity index is 959. The van der Waals surface area contributed by atoms with E-state index in [4.69, 9.17) is 4.42 Å². The molecule has 8 heteroatoms. The van der Waals surface area contributed by atoms with Crippen molar-refractivity contribution in [3.05, 3.63) is 35.5 Å². The summed E-state index contributed by atoms with van der Waals surface area (Å²) >= 11 is 0. The molecule has 0 aromatic carbocycles. The van der Waals surface area contributed by atoms with Crippen LogP contribution in [0.4, 0.5) is 11.6 Å². The summed E-state index contributed by atoms with van der Waals surface area (Å²) in [4.78, 5) is 21.4. The zero-order chi connectivity index (χ0) is 17.6. The predicted molar refractivity (Wildman–Crippen MR) is 92.5 cm³/mol. The lowest BCUT2D eigenvalue weighted by molar-refractivity contribution is 0.102. The lowest BCUT2D eigenvalue weighted by Crippen LogP contribution is -2.19.